The number of nitrogens with zero attached hydrogens (tertiary/aromatic N) is 1. The molecule has 1 rings (SSSR count). The lowest BCUT2D eigenvalue weighted by molar-refractivity contribution is -0.170. The van der Waals surface area contributed by atoms with Crippen molar-refractivity contribution >= 4 is 12.2 Å². The Kier molecular flexibility index (Phi) is 2.24. The Morgan fingerprint density at radius 2 is 2.36 bits per heavy atom. The van der Waals surface area contributed by atoms with Crippen LogP contribution in [0, 0.1) is 11.8 Å². The van der Waals surface area contributed by atoms with Gasteiger partial charge in [0, 0.05) is 13.0 Å². The fourth-order valence-corrected chi connectivity index (χ4v) is 0.972. The Morgan fingerprint density at radius 1 is 1.73 bits per heavy atom. The first kappa shape index (κ1) is 8.20. The van der Waals surface area contributed by atoms with Crippen LogP contribution in [-0.2, 0) is 14.4 Å². The number of hydrogen-bond donors (Lipinski definition) is 0. The molecule has 0 aromatic carbocycles. The number of carbonyl (C=O) groups is 2. The van der Waals surface area contributed by atoms with Crippen LogP contribution in [0.3, 0.4) is 0 Å². The van der Waals surface area contributed by atoms with E-state index in [1.165, 1.54) is 7.11 Å². The third-order valence-electron chi connectivity index (χ3n) is 1.92. The van der Waals surface area contributed by atoms with Gasteiger partial charge in [0.25, 0.3) is 0 Å². The smallest absolute Gasteiger partial charge is 0.249 e. The molecule has 4 nitrogen and oxygen atoms in total. The van der Waals surface area contributed by atoms with Gasteiger partial charge in [-0.25, -0.2) is 5.06 Å². The highest BCUT2D eigenvalue weighted by atomic mass is 16.7. The van der Waals surface area contributed by atoms with E-state index in [0.717, 1.165) is 11.3 Å². The van der Waals surface area contributed by atoms with Crippen molar-refractivity contribution in [3.8, 4) is 0 Å². The molecule has 4 heteroatoms. The van der Waals surface area contributed by atoms with E-state index < -0.39 is 0 Å². The van der Waals surface area contributed by atoms with E-state index in [4.69, 9.17) is 0 Å². The predicted molar refractivity (Wildman–Crippen MR) is 37.4 cm³/mol. The third kappa shape index (κ3) is 1.57. The number of rotatable bonds is 3. The molecule has 1 amide bonds. The Balaban J connectivity index is 2.38. The number of carbonyl (C=O) groups excluding carboxylic acids is 2. The van der Waals surface area contributed by atoms with Gasteiger partial charge in [0.1, 0.15) is 6.29 Å². The van der Waals surface area contributed by atoms with Crippen molar-refractivity contribution in [2.24, 2.45) is 11.8 Å². The first-order valence-electron chi connectivity index (χ1n) is 3.47. The number of aldehydes is 1. The van der Waals surface area contributed by atoms with Gasteiger partial charge in [0.15, 0.2) is 0 Å². The Labute approximate surface area is 65.1 Å². The van der Waals surface area contributed by atoms with Crippen molar-refractivity contribution in [1.29, 1.82) is 0 Å². The Bertz CT molecular complexity index is 181. The van der Waals surface area contributed by atoms with Gasteiger partial charge in [-0.2, -0.15) is 0 Å². The zero-order chi connectivity index (χ0) is 8.43. The number of amides is 1. The maximum atomic E-state index is 11.1. The molecule has 1 fully saturated rings. The first-order chi connectivity index (χ1) is 5.20. The van der Waals surface area contributed by atoms with Crippen molar-refractivity contribution in [2.45, 2.75) is 6.42 Å². The van der Waals surface area contributed by atoms with Crippen LogP contribution in [-0.4, -0.2) is 31.4 Å². The minimum atomic E-state index is -0.127. The van der Waals surface area contributed by atoms with E-state index in [2.05, 4.69) is 4.84 Å². The van der Waals surface area contributed by atoms with Crippen molar-refractivity contribution in [3.05, 3.63) is 0 Å². The lowest BCUT2D eigenvalue weighted by Crippen LogP contribution is -2.27. The summed E-state index contributed by atoms with van der Waals surface area (Å²) in [5.74, 6) is -0.304. The van der Waals surface area contributed by atoms with E-state index in [1.807, 2.05) is 0 Å². The summed E-state index contributed by atoms with van der Waals surface area (Å²) < 4.78 is 0. The summed E-state index contributed by atoms with van der Waals surface area (Å²) in [6, 6.07) is 0. The van der Waals surface area contributed by atoms with E-state index in [-0.39, 0.29) is 17.7 Å². The number of hydrogen-bond acceptors (Lipinski definition) is 3. The zero-order valence-corrected chi connectivity index (χ0v) is 6.61. The third-order valence-corrected chi connectivity index (χ3v) is 1.92. The lowest BCUT2D eigenvalue weighted by atomic mass is 10.3. The molecular weight excluding hydrogens is 146 g/mol. The molecule has 0 unspecified atom stereocenters. The highest BCUT2D eigenvalue weighted by Gasteiger charge is 2.44. The minimum Gasteiger partial charge on any atom is -0.303 e. The monoisotopic (exact) mass is 157 g/mol. The Hall–Kier alpha value is -0.900. The molecule has 0 bridgehead atoms. The minimum absolute atomic E-state index is 0.0694. The van der Waals surface area contributed by atoms with E-state index in [9.17, 15) is 9.59 Å². The highest BCUT2D eigenvalue weighted by Crippen LogP contribution is 2.37. The molecule has 0 heterocycles. The standard InChI is InChI=1S/C7H11NO3/c1-8(11-2)7(10)6-3-5(6)4-9/h4-6H,3H2,1-2H3/t5-,6+/m1/s1. The van der Waals surface area contributed by atoms with Gasteiger partial charge in [-0.1, -0.05) is 0 Å². The van der Waals surface area contributed by atoms with E-state index in [0.29, 0.717) is 6.42 Å². The fraction of sp³-hybridized carbons (Fsp3) is 0.714. The van der Waals surface area contributed by atoms with Crippen LogP contribution in [0.4, 0.5) is 0 Å². The fourth-order valence-electron chi connectivity index (χ4n) is 0.972. The van der Waals surface area contributed by atoms with Gasteiger partial charge >= 0.3 is 0 Å². The molecule has 0 aliphatic heterocycles. The maximum absolute atomic E-state index is 11.1. The van der Waals surface area contributed by atoms with Crippen molar-refractivity contribution < 1.29 is 14.4 Å². The summed E-state index contributed by atoms with van der Waals surface area (Å²) in [5.41, 5.74) is 0. The normalized spacial score (nSPS) is 27.8. The highest BCUT2D eigenvalue weighted by molar-refractivity contribution is 5.85. The van der Waals surface area contributed by atoms with Gasteiger partial charge in [0.2, 0.25) is 5.91 Å². The molecule has 0 aromatic rings. The quantitative estimate of drug-likeness (QED) is 0.422. The average Bonchev–Trinajstić information content (AvgIpc) is 2.80. The predicted octanol–water partition coefficient (Wildman–Crippen LogP) is -0.159. The average molecular weight is 157 g/mol. The molecule has 0 saturated heterocycles. The second-order valence-electron chi connectivity index (χ2n) is 2.66. The molecule has 11 heavy (non-hydrogen) atoms. The van der Waals surface area contributed by atoms with Crippen molar-refractivity contribution in [2.75, 3.05) is 14.2 Å². The van der Waals surface area contributed by atoms with Crippen LogP contribution in [0.2, 0.25) is 0 Å². The van der Waals surface area contributed by atoms with Crippen LogP contribution in [0.15, 0.2) is 0 Å². The van der Waals surface area contributed by atoms with Gasteiger partial charge in [-0.3, -0.25) is 9.63 Å². The summed E-state index contributed by atoms with van der Waals surface area (Å²) in [4.78, 5) is 26.0. The van der Waals surface area contributed by atoms with E-state index >= 15 is 0 Å². The summed E-state index contributed by atoms with van der Waals surface area (Å²) in [7, 11) is 2.97. The zero-order valence-electron chi connectivity index (χ0n) is 6.61. The molecule has 62 valence electrons. The molecule has 0 spiro atoms. The molecule has 1 aliphatic carbocycles. The van der Waals surface area contributed by atoms with Crippen LogP contribution in [0.25, 0.3) is 0 Å². The molecule has 1 saturated carbocycles. The summed E-state index contributed by atoms with van der Waals surface area (Å²) in [6.45, 7) is 0. The van der Waals surface area contributed by atoms with Gasteiger partial charge in [-0.15, -0.1) is 0 Å². The van der Waals surface area contributed by atoms with Gasteiger partial charge in [0.05, 0.1) is 13.0 Å². The molecule has 2 atom stereocenters. The van der Waals surface area contributed by atoms with Crippen molar-refractivity contribution in [3.63, 3.8) is 0 Å². The van der Waals surface area contributed by atoms with Crippen LogP contribution in [0.5, 0.6) is 0 Å². The van der Waals surface area contributed by atoms with Gasteiger partial charge in [-0.05, 0) is 6.42 Å². The second kappa shape index (κ2) is 3.00. The van der Waals surface area contributed by atoms with E-state index in [1.54, 1.807) is 7.05 Å². The van der Waals surface area contributed by atoms with Gasteiger partial charge < -0.3 is 4.79 Å². The number of hydroxylamine groups is 2. The topological polar surface area (TPSA) is 46.6 Å². The van der Waals surface area contributed by atoms with Crippen LogP contribution in [0.1, 0.15) is 6.42 Å². The largest absolute Gasteiger partial charge is 0.303 e. The summed E-state index contributed by atoms with van der Waals surface area (Å²) in [6.07, 6.45) is 1.50. The molecule has 0 N–H and O–H groups in total. The second-order valence-corrected chi connectivity index (χ2v) is 2.66. The summed E-state index contributed by atoms with van der Waals surface area (Å²) >= 11 is 0. The SMILES string of the molecule is CON(C)C(=O)[C@H]1C[C@@H]1C=O. The summed E-state index contributed by atoms with van der Waals surface area (Å²) in [5, 5.41) is 1.16. The Morgan fingerprint density at radius 3 is 2.73 bits per heavy atom. The van der Waals surface area contributed by atoms with Crippen molar-refractivity contribution in [1.82, 2.24) is 5.06 Å². The van der Waals surface area contributed by atoms with Crippen LogP contribution < -0.4 is 0 Å². The molecule has 0 aromatic heterocycles. The van der Waals surface area contributed by atoms with Crippen LogP contribution >= 0.6 is 0 Å². The molecule has 0 radical (unpaired) electrons. The first-order valence-corrected chi connectivity index (χ1v) is 3.47. The lowest BCUT2D eigenvalue weighted by Gasteiger charge is -2.12. The molecule has 1 aliphatic rings. The maximum Gasteiger partial charge on any atom is 0.249 e. The molecular formula is C7H11NO3.